The van der Waals surface area contributed by atoms with Crippen LogP contribution in [0.25, 0.3) is 10.9 Å². The number of aromatic nitrogens is 1. The van der Waals surface area contributed by atoms with Gasteiger partial charge in [-0.1, -0.05) is 99.6 Å². The number of alkyl halides is 1. The van der Waals surface area contributed by atoms with Gasteiger partial charge < -0.3 is 14.3 Å². The van der Waals surface area contributed by atoms with Crippen LogP contribution in [0.4, 0.5) is 0 Å². The Labute approximate surface area is 250 Å². The quantitative estimate of drug-likeness (QED) is 0.188. The first kappa shape index (κ1) is 28.3. The summed E-state index contributed by atoms with van der Waals surface area (Å²) in [6, 6.07) is 30.3. The summed E-state index contributed by atoms with van der Waals surface area (Å²) in [6.07, 6.45) is 5.02. The first-order valence-corrected chi connectivity index (χ1v) is 17.4. The Morgan fingerprint density at radius 3 is 2.24 bits per heavy atom. The molecule has 1 amide bonds. The van der Waals surface area contributed by atoms with E-state index in [0.29, 0.717) is 6.61 Å². The third-order valence-electron chi connectivity index (χ3n) is 9.71. The predicted octanol–water partition coefficient (Wildman–Crippen LogP) is 6.97. The van der Waals surface area contributed by atoms with Crippen molar-refractivity contribution in [3.8, 4) is 0 Å². The summed E-state index contributed by atoms with van der Waals surface area (Å²) >= 11 is 6.21. The molecule has 4 nitrogen and oxygen atoms in total. The zero-order chi connectivity index (χ0) is 28.7. The molecular formula is C35H41ClN2O2Si. The van der Waals surface area contributed by atoms with Crippen LogP contribution in [0.15, 0.2) is 84.9 Å². The van der Waals surface area contributed by atoms with Crippen LogP contribution in [-0.4, -0.2) is 43.1 Å². The zero-order valence-corrected chi connectivity index (χ0v) is 26.2. The van der Waals surface area contributed by atoms with Gasteiger partial charge in [0, 0.05) is 35.3 Å². The van der Waals surface area contributed by atoms with Crippen molar-refractivity contribution in [2.75, 3.05) is 19.0 Å². The van der Waals surface area contributed by atoms with E-state index in [0.717, 1.165) is 44.2 Å². The Morgan fingerprint density at radius 2 is 1.61 bits per heavy atom. The third-order valence-corrected chi connectivity index (χ3v) is 15.0. The number of rotatable bonds is 7. The number of hydrogen-bond donors (Lipinski definition) is 1. The number of carbonyl (C=O) groups excluding carboxylic acids is 1. The lowest BCUT2D eigenvalue weighted by molar-refractivity contribution is -0.139. The lowest BCUT2D eigenvalue weighted by atomic mass is 9.62. The Balaban J connectivity index is 1.41. The summed E-state index contributed by atoms with van der Waals surface area (Å²) in [5.41, 5.74) is 3.67. The lowest BCUT2D eigenvalue weighted by Crippen LogP contribution is -2.66. The summed E-state index contributed by atoms with van der Waals surface area (Å²) < 4.78 is 7.39. The molecule has 1 N–H and O–H groups in total. The van der Waals surface area contributed by atoms with Gasteiger partial charge in [-0.3, -0.25) is 4.79 Å². The SMILES string of the molecule is CC(C)(C)[Si](OCC[C@@]12CCCN(C(=O)CCl)[C@@H]1c1c([nH]c3ccccc13)CC2)(c1ccccc1)c1ccccc1. The first-order chi connectivity index (χ1) is 19.8. The van der Waals surface area contributed by atoms with Crippen molar-refractivity contribution >= 4 is 47.1 Å². The zero-order valence-electron chi connectivity index (χ0n) is 24.5. The number of aryl methyl sites for hydroxylation is 1. The number of para-hydroxylation sites is 1. The van der Waals surface area contributed by atoms with Gasteiger partial charge >= 0.3 is 0 Å². The highest BCUT2D eigenvalue weighted by Gasteiger charge is 2.53. The molecule has 1 saturated heterocycles. The second-order valence-corrected chi connectivity index (χ2v) is 17.5. The van der Waals surface area contributed by atoms with Gasteiger partial charge in [-0.05, 0) is 59.0 Å². The summed E-state index contributed by atoms with van der Waals surface area (Å²) in [5, 5.41) is 3.77. The molecule has 2 heterocycles. The van der Waals surface area contributed by atoms with Crippen molar-refractivity contribution in [1.82, 2.24) is 9.88 Å². The molecule has 0 radical (unpaired) electrons. The molecule has 0 spiro atoms. The van der Waals surface area contributed by atoms with Crippen molar-refractivity contribution in [3.05, 3.63) is 96.2 Å². The van der Waals surface area contributed by atoms with Crippen LogP contribution >= 0.6 is 11.6 Å². The number of aromatic amines is 1. The fraction of sp³-hybridized carbons (Fsp3) is 0.400. The number of amides is 1. The van der Waals surface area contributed by atoms with Crippen molar-refractivity contribution in [3.63, 3.8) is 0 Å². The molecule has 6 heteroatoms. The van der Waals surface area contributed by atoms with Crippen LogP contribution in [-0.2, 0) is 15.6 Å². The molecule has 0 unspecified atom stereocenters. The Morgan fingerprint density at radius 1 is 0.976 bits per heavy atom. The minimum absolute atomic E-state index is 0.00477. The van der Waals surface area contributed by atoms with E-state index in [2.05, 4.69) is 116 Å². The summed E-state index contributed by atoms with van der Waals surface area (Å²) in [7, 11) is -2.65. The van der Waals surface area contributed by atoms with Gasteiger partial charge in [-0.25, -0.2) is 0 Å². The van der Waals surface area contributed by atoms with E-state index in [4.69, 9.17) is 16.0 Å². The lowest BCUT2D eigenvalue weighted by Gasteiger charge is -2.53. The maximum atomic E-state index is 13.3. The van der Waals surface area contributed by atoms with Gasteiger partial charge in [0.05, 0.1) is 6.04 Å². The minimum Gasteiger partial charge on any atom is -0.407 e. The number of benzene rings is 3. The number of fused-ring (bicyclic) bond motifs is 5. The topological polar surface area (TPSA) is 45.3 Å². The smallest absolute Gasteiger partial charge is 0.261 e. The van der Waals surface area contributed by atoms with E-state index < -0.39 is 8.32 Å². The average Bonchev–Trinajstić information content (AvgIpc) is 3.37. The van der Waals surface area contributed by atoms with E-state index in [1.165, 1.54) is 27.0 Å². The maximum absolute atomic E-state index is 13.3. The highest BCUT2D eigenvalue weighted by Crippen LogP contribution is 2.56. The molecule has 4 aromatic rings. The molecular weight excluding hydrogens is 544 g/mol. The number of hydrogen-bond acceptors (Lipinski definition) is 2. The molecule has 41 heavy (non-hydrogen) atoms. The summed E-state index contributed by atoms with van der Waals surface area (Å²) in [6.45, 7) is 8.42. The number of piperidine rings is 1. The fourth-order valence-electron chi connectivity index (χ4n) is 7.93. The van der Waals surface area contributed by atoms with Gasteiger partial charge in [0.25, 0.3) is 8.32 Å². The van der Waals surface area contributed by atoms with E-state index in [1.54, 1.807) is 0 Å². The van der Waals surface area contributed by atoms with E-state index in [1.807, 2.05) is 0 Å². The summed E-state index contributed by atoms with van der Waals surface area (Å²) in [4.78, 5) is 19.1. The predicted molar refractivity (Wildman–Crippen MR) is 172 cm³/mol. The Kier molecular flexibility index (Phi) is 7.64. The number of halogens is 1. The molecule has 1 aliphatic carbocycles. The van der Waals surface area contributed by atoms with Crippen LogP contribution in [0, 0.1) is 5.41 Å². The second-order valence-electron chi connectivity index (χ2n) is 12.9. The van der Waals surface area contributed by atoms with E-state index in [9.17, 15) is 4.79 Å². The van der Waals surface area contributed by atoms with Crippen LogP contribution in [0.1, 0.15) is 63.8 Å². The fourth-order valence-corrected chi connectivity index (χ4v) is 12.6. The van der Waals surface area contributed by atoms with Gasteiger partial charge in [0.2, 0.25) is 5.91 Å². The van der Waals surface area contributed by atoms with Gasteiger partial charge in [0.15, 0.2) is 0 Å². The Bertz CT molecular complexity index is 1470. The maximum Gasteiger partial charge on any atom is 0.261 e. The molecule has 0 bridgehead atoms. The van der Waals surface area contributed by atoms with E-state index in [-0.39, 0.29) is 28.3 Å². The molecule has 1 aromatic heterocycles. The van der Waals surface area contributed by atoms with Crippen molar-refractivity contribution in [1.29, 1.82) is 0 Å². The normalized spacial score (nSPS) is 21.0. The molecule has 1 aliphatic heterocycles. The van der Waals surface area contributed by atoms with Crippen LogP contribution in [0.5, 0.6) is 0 Å². The van der Waals surface area contributed by atoms with E-state index >= 15 is 0 Å². The van der Waals surface area contributed by atoms with Gasteiger partial charge in [-0.15, -0.1) is 11.6 Å². The third kappa shape index (κ3) is 4.76. The standard InChI is InChI=1S/C35H41ClN2O2Si/c1-34(2,3)41(26-13-6-4-7-14-26,27-15-8-5-9-16-27)40-24-22-35-20-12-23-38(31(39)25-36)33(35)32-28-17-10-11-18-29(28)37-30(32)19-21-35/h4-11,13-18,33,37H,12,19-25H2,1-3H3/t33-,35+/m1/s1. The number of likely N-dealkylation sites (tertiary alicyclic amines) is 1. The molecule has 6 rings (SSSR count). The number of H-pyrrole nitrogens is 1. The molecule has 2 atom stereocenters. The van der Waals surface area contributed by atoms with Crippen molar-refractivity contribution in [2.45, 2.75) is 64.0 Å². The van der Waals surface area contributed by atoms with Crippen LogP contribution in [0.3, 0.4) is 0 Å². The molecule has 2 aliphatic rings. The molecule has 1 fully saturated rings. The molecule has 3 aromatic carbocycles. The highest BCUT2D eigenvalue weighted by atomic mass is 35.5. The Hall–Kier alpha value is -2.86. The monoisotopic (exact) mass is 584 g/mol. The second kappa shape index (κ2) is 11.1. The largest absolute Gasteiger partial charge is 0.407 e. The highest BCUT2D eigenvalue weighted by molar-refractivity contribution is 6.99. The summed E-state index contributed by atoms with van der Waals surface area (Å²) in [5.74, 6) is 0.0507. The van der Waals surface area contributed by atoms with Crippen molar-refractivity contribution < 1.29 is 9.22 Å². The van der Waals surface area contributed by atoms with Crippen molar-refractivity contribution in [2.24, 2.45) is 5.41 Å². The van der Waals surface area contributed by atoms with Gasteiger partial charge in [-0.2, -0.15) is 0 Å². The number of carbonyl (C=O) groups is 1. The van der Waals surface area contributed by atoms with Crippen LogP contribution < -0.4 is 10.4 Å². The first-order valence-electron chi connectivity index (χ1n) is 15.0. The van der Waals surface area contributed by atoms with Crippen LogP contribution in [0.2, 0.25) is 5.04 Å². The average molecular weight is 585 g/mol. The van der Waals surface area contributed by atoms with Gasteiger partial charge in [0.1, 0.15) is 5.88 Å². The number of nitrogens with zero attached hydrogens (tertiary/aromatic N) is 1. The molecule has 214 valence electrons. The number of nitrogens with one attached hydrogen (secondary N) is 1. The minimum atomic E-state index is -2.65. The molecule has 0 saturated carbocycles.